The minimum absolute atomic E-state index is 1.00. The van der Waals surface area contributed by atoms with Crippen molar-refractivity contribution in [2.24, 2.45) is 14.1 Å². The molecule has 4 heteroatoms. The van der Waals surface area contributed by atoms with E-state index in [1.165, 1.54) is 16.5 Å². The van der Waals surface area contributed by atoms with Gasteiger partial charge in [0.15, 0.2) is 0 Å². The van der Waals surface area contributed by atoms with Crippen LogP contribution in [-0.4, -0.2) is 14.1 Å². The molecule has 0 aliphatic rings. The van der Waals surface area contributed by atoms with Crippen molar-refractivity contribution < 1.29 is 0 Å². The lowest BCUT2D eigenvalue weighted by molar-refractivity contribution is 0.840. The minimum atomic E-state index is 1.00. The number of imidazole rings is 1. The molecular weight excluding hydrogens is 290 g/mol. The van der Waals surface area contributed by atoms with Gasteiger partial charge >= 0.3 is 0 Å². The number of benzene rings is 1. The van der Waals surface area contributed by atoms with Crippen LogP contribution in [0.3, 0.4) is 0 Å². The smallest absolute Gasteiger partial charge is 0.112 e. The number of nitrogens with zero attached hydrogens (tertiary/aromatic N) is 3. The van der Waals surface area contributed by atoms with E-state index in [2.05, 4.69) is 67.6 Å². The molecule has 3 aromatic rings. The molecular formula is C14H14BrN3. The highest BCUT2D eigenvalue weighted by Crippen LogP contribution is 2.34. The van der Waals surface area contributed by atoms with Crippen LogP contribution in [0.1, 0.15) is 5.82 Å². The molecule has 92 valence electrons. The normalized spacial score (nSPS) is 11.3. The molecule has 0 spiro atoms. The average Bonchev–Trinajstić information content (AvgIpc) is 2.83. The van der Waals surface area contributed by atoms with Gasteiger partial charge in [0, 0.05) is 36.8 Å². The quantitative estimate of drug-likeness (QED) is 0.673. The Hall–Kier alpha value is -1.55. The van der Waals surface area contributed by atoms with Crippen molar-refractivity contribution >= 4 is 26.8 Å². The standard InChI is InChI=1S/C14H14BrN3/c1-9-16-13(14(15)18(9)3)11-8-17(2)12-7-5-4-6-10(11)12/h4-8H,1-3H3. The van der Waals surface area contributed by atoms with Gasteiger partial charge in [-0.3, -0.25) is 0 Å². The summed E-state index contributed by atoms with van der Waals surface area (Å²) in [5, 5.41) is 1.24. The van der Waals surface area contributed by atoms with Crippen molar-refractivity contribution in [2.75, 3.05) is 0 Å². The maximum atomic E-state index is 4.65. The highest BCUT2D eigenvalue weighted by molar-refractivity contribution is 9.10. The first-order valence-corrected chi connectivity index (χ1v) is 6.62. The second-order valence-electron chi connectivity index (χ2n) is 4.53. The molecule has 2 aromatic heterocycles. The fourth-order valence-electron chi connectivity index (χ4n) is 2.29. The number of rotatable bonds is 1. The molecule has 0 amide bonds. The summed E-state index contributed by atoms with van der Waals surface area (Å²) in [5.41, 5.74) is 3.40. The third kappa shape index (κ3) is 1.52. The largest absolute Gasteiger partial charge is 0.350 e. The van der Waals surface area contributed by atoms with Crippen LogP contribution in [0, 0.1) is 6.92 Å². The van der Waals surface area contributed by atoms with Gasteiger partial charge in [-0.05, 0) is 28.9 Å². The summed E-state index contributed by atoms with van der Waals surface area (Å²) >= 11 is 3.62. The van der Waals surface area contributed by atoms with Crippen molar-refractivity contribution in [3.8, 4) is 11.3 Å². The van der Waals surface area contributed by atoms with Crippen LogP contribution >= 0.6 is 15.9 Å². The third-order valence-corrected chi connectivity index (χ3v) is 4.31. The van der Waals surface area contributed by atoms with Gasteiger partial charge in [0.25, 0.3) is 0 Å². The lowest BCUT2D eigenvalue weighted by atomic mass is 10.1. The molecule has 0 aliphatic carbocycles. The van der Waals surface area contributed by atoms with Crippen molar-refractivity contribution in [1.29, 1.82) is 0 Å². The minimum Gasteiger partial charge on any atom is -0.350 e. The van der Waals surface area contributed by atoms with Gasteiger partial charge in [-0.1, -0.05) is 18.2 Å². The first kappa shape index (κ1) is 11.5. The van der Waals surface area contributed by atoms with Crippen molar-refractivity contribution in [3.63, 3.8) is 0 Å². The van der Waals surface area contributed by atoms with Gasteiger partial charge in [0.1, 0.15) is 16.1 Å². The first-order valence-electron chi connectivity index (χ1n) is 5.83. The SMILES string of the molecule is Cc1nc(-c2cn(C)c3ccccc23)c(Br)n1C. The third-order valence-electron chi connectivity index (χ3n) is 3.40. The van der Waals surface area contributed by atoms with Crippen LogP contribution in [0.15, 0.2) is 35.1 Å². The van der Waals surface area contributed by atoms with Crippen LogP contribution in [-0.2, 0) is 14.1 Å². The zero-order chi connectivity index (χ0) is 12.9. The average molecular weight is 304 g/mol. The molecule has 0 saturated heterocycles. The molecule has 1 aromatic carbocycles. The first-order chi connectivity index (χ1) is 8.59. The highest BCUT2D eigenvalue weighted by Gasteiger charge is 2.16. The predicted octanol–water partition coefficient (Wildman–Crippen LogP) is 3.65. The molecule has 0 fully saturated rings. The van der Waals surface area contributed by atoms with Gasteiger partial charge in [-0.15, -0.1) is 0 Å². The Bertz CT molecular complexity index is 737. The molecule has 3 nitrogen and oxygen atoms in total. The second-order valence-corrected chi connectivity index (χ2v) is 5.28. The number of hydrogen-bond acceptors (Lipinski definition) is 1. The van der Waals surface area contributed by atoms with Crippen molar-refractivity contribution in [3.05, 3.63) is 40.9 Å². The zero-order valence-corrected chi connectivity index (χ0v) is 12.2. The Kier molecular flexibility index (Phi) is 2.55. The van der Waals surface area contributed by atoms with Gasteiger partial charge in [0.05, 0.1) is 0 Å². The van der Waals surface area contributed by atoms with E-state index in [4.69, 9.17) is 0 Å². The van der Waals surface area contributed by atoms with Gasteiger partial charge in [0.2, 0.25) is 0 Å². The van der Waals surface area contributed by atoms with Crippen molar-refractivity contribution in [2.45, 2.75) is 6.92 Å². The van der Waals surface area contributed by atoms with E-state index in [0.717, 1.165) is 16.1 Å². The Morgan fingerprint density at radius 1 is 1.17 bits per heavy atom. The predicted molar refractivity (Wildman–Crippen MR) is 77.6 cm³/mol. The van der Waals surface area contributed by atoms with Crippen LogP contribution in [0.2, 0.25) is 0 Å². The van der Waals surface area contributed by atoms with E-state index < -0.39 is 0 Å². The zero-order valence-electron chi connectivity index (χ0n) is 10.6. The molecule has 0 atom stereocenters. The molecule has 3 rings (SSSR count). The fourth-order valence-corrected chi connectivity index (χ4v) is 2.84. The number of fused-ring (bicyclic) bond motifs is 1. The molecule has 0 aliphatic heterocycles. The van der Waals surface area contributed by atoms with Crippen molar-refractivity contribution in [1.82, 2.24) is 14.1 Å². The van der Waals surface area contributed by atoms with E-state index >= 15 is 0 Å². The number of aryl methyl sites for hydroxylation is 2. The van der Waals surface area contributed by atoms with Gasteiger partial charge in [-0.25, -0.2) is 4.98 Å². The van der Waals surface area contributed by atoms with Crippen LogP contribution < -0.4 is 0 Å². The Morgan fingerprint density at radius 2 is 1.89 bits per heavy atom. The highest BCUT2D eigenvalue weighted by atomic mass is 79.9. The maximum absolute atomic E-state index is 4.65. The Morgan fingerprint density at radius 3 is 2.56 bits per heavy atom. The summed E-state index contributed by atoms with van der Waals surface area (Å²) < 4.78 is 5.22. The van der Waals surface area contributed by atoms with E-state index in [-0.39, 0.29) is 0 Å². The Balaban J connectivity index is 2.35. The number of hydrogen-bond donors (Lipinski definition) is 0. The van der Waals surface area contributed by atoms with E-state index in [0.29, 0.717) is 0 Å². The molecule has 0 saturated carbocycles. The molecule has 0 radical (unpaired) electrons. The van der Waals surface area contributed by atoms with E-state index in [9.17, 15) is 0 Å². The van der Waals surface area contributed by atoms with Gasteiger partial charge < -0.3 is 9.13 Å². The summed E-state index contributed by atoms with van der Waals surface area (Å²) in [5.74, 6) is 1.00. The Labute approximate surface area is 114 Å². The maximum Gasteiger partial charge on any atom is 0.112 e. The number of para-hydroxylation sites is 1. The topological polar surface area (TPSA) is 22.8 Å². The molecule has 2 heterocycles. The summed E-state index contributed by atoms with van der Waals surface area (Å²) in [7, 11) is 4.08. The molecule has 18 heavy (non-hydrogen) atoms. The molecule has 0 bridgehead atoms. The lowest BCUT2D eigenvalue weighted by Crippen LogP contribution is -1.90. The summed E-state index contributed by atoms with van der Waals surface area (Å²) in [6, 6.07) is 8.39. The summed E-state index contributed by atoms with van der Waals surface area (Å²) in [4.78, 5) is 4.65. The van der Waals surface area contributed by atoms with E-state index in [1.807, 2.05) is 14.0 Å². The summed E-state index contributed by atoms with van der Waals surface area (Å²) in [6.45, 7) is 2.01. The monoisotopic (exact) mass is 303 g/mol. The van der Waals surface area contributed by atoms with Crippen LogP contribution in [0.5, 0.6) is 0 Å². The fraction of sp³-hybridized carbons (Fsp3) is 0.214. The van der Waals surface area contributed by atoms with Gasteiger partial charge in [-0.2, -0.15) is 0 Å². The van der Waals surface area contributed by atoms with E-state index in [1.54, 1.807) is 0 Å². The van der Waals surface area contributed by atoms with Crippen LogP contribution in [0.4, 0.5) is 0 Å². The molecule has 0 unspecified atom stereocenters. The summed E-state index contributed by atoms with van der Waals surface area (Å²) in [6.07, 6.45) is 2.14. The number of aromatic nitrogens is 3. The lowest BCUT2D eigenvalue weighted by Gasteiger charge is -1.97. The molecule has 0 N–H and O–H groups in total. The number of halogens is 1. The second kappa shape index (κ2) is 3.99. The van der Waals surface area contributed by atoms with Crippen LogP contribution in [0.25, 0.3) is 22.2 Å².